The van der Waals surface area contributed by atoms with Crippen molar-refractivity contribution in [3.05, 3.63) is 66.0 Å². The Labute approximate surface area is 120 Å². The minimum Gasteiger partial charge on any atom is -0.326 e. The van der Waals surface area contributed by atoms with Crippen LogP contribution < -0.4 is 16.0 Å². The van der Waals surface area contributed by atoms with Crippen LogP contribution in [-0.4, -0.2) is 12.0 Å². The van der Waals surface area contributed by atoms with Gasteiger partial charge in [-0.1, -0.05) is 30.3 Å². The summed E-state index contributed by atoms with van der Waals surface area (Å²) in [5, 5.41) is 8.28. The summed E-state index contributed by atoms with van der Waals surface area (Å²) in [4.78, 5) is 16.1. The Hall–Kier alpha value is -2.89. The van der Waals surface area contributed by atoms with Crippen LogP contribution in [0.4, 0.5) is 14.9 Å². The Kier molecular flexibility index (Phi) is 3.51. The largest absolute Gasteiger partial charge is 0.326 e. The normalized spacial score (nSPS) is 17.5. The van der Waals surface area contributed by atoms with E-state index in [-0.39, 0.29) is 11.8 Å². The highest BCUT2D eigenvalue weighted by molar-refractivity contribution is 6.05. The van der Waals surface area contributed by atoms with Crippen LogP contribution in [0, 0.1) is 5.82 Å². The van der Waals surface area contributed by atoms with Gasteiger partial charge in [-0.15, -0.1) is 0 Å². The Bertz CT molecular complexity index is 670. The lowest BCUT2D eigenvalue weighted by molar-refractivity contribution is 0.240. The maximum absolute atomic E-state index is 12.9. The van der Waals surface area contributed by atoms with E-state index >= 15 is 0 Å². The van der Waals surface area contributed by atoms with Gasteiger partial charge < -0.3 is 10.6 Å². The first-order valence-corrected chi connectivity index (χ1v) is 6.43. The molecule has 1 aliphatic rings. The molecule has 0 radical (unpaired) electrons. The number of halogens is 1. The van der Waals surface area contributed by atoms with E-state index < -0.39 is 6.17 Å². The molecular formula is C15H13FN4O. The lowest BCUT2D eigenvalue weighted by Crippen LogP contribution is -2.48. The Morgan fingerprint density at radius 2 is 1.76 bits per heavy atom. The first-order chi connectivity index (χ1) is 10.2. The van der Waals surface area contributed by atoms with Gasteiger partial charge in [-0.2, -0.15) is 0 Å². The molecule has 1 unspecified atom stereocenters. The zero-order valence-electron chi connectivity index (χ0n) is 11.0. The molecule has 3 N–H and O–H groups in total. The predicted molar refractivity (Wildman–Crippen MR) is 78.3 cm³/mol. The van der Waals surface area contributed by atoms with Crippen molar-refractivity contribution in [2.75, 3.05) is 5.32 Å². The second kappa shape index (κ2) is 5.62. The van der Waals surface area contributed by atoms with Crippen molar-refractivity contribution in [3.8, 4) is 0 Å². The van der Waals surface area contributed by atoms with E-state index in [2.05, 4.69) is 20.9 Å². The number of amides is 2. The molecule has 106 valence electrons. The molecule has 2 amide bonds. The van der Waals surface area contributed by atoms with E-state index in [1.54, 1.807) is 12.1 Å². The van der Waals surface area contributed by atoms with Crippen LogP contribution in [0.2, 0.25) is 0 Å². The molecule has 1 heterocycles. The zero-order chi connectivity index (χ0) is 14.7. The zero-order valence-corrected chi connectivity index (χ0v) is 11.0. The van der Waals surface area contributed by atoms with Crippen LogP contribution in [0.3, 0.4) is 0 Å². The first kappa shape index (κ1) is 13.1. The number of aliphatic imine (C=N–C) groups is 1. The Balaban J connectivity index is 1.83. The number of carbonyl (C=O) groups is 1. The summed E-state index contributed by atoms with van der Waals surface area (Å²) in [6.07, 6.45) is -0.550. The van der Waals surface area contributed by atoms with Gasteiger partial charge in [0.05, 0.1) is 0 Å². The lowest BCUT2D eigenvalue weighted by Gasteiger charge is -2.23. The fourth-order valence-corrected chi connectivity index (χ4v) is 1.99. The molecule has 2 aromatic rings. The third kappa shape index (κ3) is 3.17. The van der Waals surface area contributed by atoms with Crippen LogP contribution >= 0.6 is 0 Å². The summed E-state index contributed by atoms with van der Waals surface area (Å²) in [6.45, 7) is 0. The number of hydrogen-bond donors (Lipinski definition) is 3. The molecule has 0 saturated heterocycles. The van der Waals surface area contributed by atoms with Crippen molar-refractivity contribution in [1.82, 2.24) is 10.6 Å². The molecule has 0 spiro atoms. The molecule has 0 aliphatic carbocycles. The SMILES string of the molecule is O=C1NC(Nc2ccccc2)=NC(c2ccc(F)cc2)N1. The summed E-state index contributed by atoms with van der Waals surface area (Å²) in [5.74, 6) is 0.0184. The second-order valence-electron chi connectivity index (χ2n) is 4.52. The van der Waals surface area contributed by atoms with E-state index in [0.29, 0.717) is 11.5 Å². The molecule has 2 aromatic carbocycles. The average molecular weight is 284 g/mol. The smallest absolute Gasteiger partial charge is 0.323 e. The van der Waals surface area contributed by atoms with E-state index in [9.17, 15) is 9.18 Å². The number of benzene rings is 2. The van der Waals surface area contributed by atoms with Crippen LogP contribution in [0.15, 0.2) is 59.6 Å². The van der Waals surface area contributed by atoms with E-state index in [4.69, 9.17) is 0 Å². The number of carbonyl (C=O) groups excluding carboxylic acids is 1. The average Bonchev–Trinajstić information content (AvgIpc) is 2.48. The third-order valence-electron chi connectivity index (χ3n) is 2.98. The summed E-state index contributed by atoms with van der Waals surface area (Å²) in [6, 6.07) is 14.9. The molecule has 5 nitrogen and oxygen atoms in total. The number of nitrogens with one attached hydrogen (secondary N) is 3. The van der Waals surface area contributed by atoms with E-state index in [0.717, 1.165) is 5.69 Å². The molecule has 1 atom stereocenters. The highest BCUT2D eigenvalue weighted by Gasteiger charge is 2.21. The number of guanidine groups is 1. The van der Waals surface area contributed by atoms with Gasteiger partial charge in [0.15, 0.2) is 6.17 Å². The van der Waals surface area contributed by atoms with Crippen molar-refractivity contribution in [2.45, 2.75) is 6.17 Å². The molecule has 0 bridgehead atoms. The molecule has 0 saturated carbocycles. The molecule has 0 aromatic heterocycles. The molecule has 21 heavy (non-hydrogen) atoms. The van der Waals surface area contributed by atoms with Crippen molar-refractivity contribution >= 4 is 17.7 Å². The molecule has 0 fully saturated rings. The van der Waals surface area contributed by atoms with Crippen LogP contribution in [-0.2, 0) is 0 Å². The van der Waals surface area contributed by atoms with Gasteiger partial charge in [0.1, 0.15) is 5.82 Å². The molecule has 6 heteroatoms. The number of para-hydroxylation sites is 1. The highest BCUT2D eigenvalue weighted by Crippen LogP contribution is 2.17. The summed E-state index contributed by atoms with van der Waals surface area (Å²) < 4.78 is 12.9. The summed E-state index contributed by atoms with van der Waals surface area (Å²) in [5.41, 5.74) is 1.52. The van der Waals surface area contributed by atoms with Gasteiger partial charge in [0.2, 0.25) is 5.96 Å². The second-order valence-corrected chi connectivity index (χ2v) is 4.52. The topological polar surface area (TPSA) is 65.5 Å². The molecule has 1 aliphatic heterocycles. The number of hydrogen-bond acceptors (Lipinski definition) is 3. The Morgan fingerprint density at radius 1 is 1.05 bits per heavy atom. The summed E-state index contributed by atoms with van der Waals surface area (Å²) in [7, 11) is 0. The minimum absolute atomic E-state index is 0.328. The molecule has 3 rings (SSSR count). The number of rotatable bonds is 2. The maximum Gasteiger partial charge on any atom is 0.323 e. The monoisotopic (exact) mass is 284 g/mol. The predicted octanol–water partition coefficient (Wildman–Crippen LogP) is 2.61. The van der Waals surface area contributed by atoms with Crippen molar-refractivity contribution in [1.29, 1.82) is 0 Å². The fourth-order valence-electron chi connectivity index (χ4n) is 1.99. The van der Waals surface area contributed by atoms with Gasteiger partial charge in [0, 0.05) is 5.69 Å². The third-order valence-corrected chi connectivity index (χ3v) is 2.98. The van der Waals surface area contributed by atoms with E-state index in [1.807, 2.05) is 30.3 Å². The fraction of sp³-hybridized carbons (Fsp3) is 0.0667. The van der Waals surface area contributed by atoms with Crippen molar-refractivity contribution in [3.63, 3.8) is 0 Å². The number of urea groups is 1. The summed E-state index contributed by atoms with van der Waals surface area (Å²) >= 11 is 0. The Morgan fingerprint density at radius 3 is 2.48 bits per heavy atom. The van der Waals surface area contributed by atoms with Crippen molar-refractivity contribution in [2.24, 2.45) is 4.99 Å². The highest BCUT2D eigenvalue weighted by atomic mass is 19.1. The minimum atomic E-state index is -0.550. The van der Waals surface area contributed by atoms with Gasteiger partial charge in [-0.05, 0) is 29.8 Å². The number of nitrogens with zero attached hydrogens (tertiary/aromatic N) is 1. The quantitative estimate of drug-likeness (QED) is 0.793. The van der Waals surface area contributed by atoms with Crippen LogP contribution in [0.5, 0.6) is 0 Å². The van der Waals surface area contributed by atoms with Gasteiger partial charge in [0.25, 0.3) is 0 Å². The number of anilines is 1. The molecular weight excluding hydrogens is 271 g/mol. The standard InChI is InChI=1S/C15H13FN4O/c16-11-8-6-10(7-9-11)13-18-14(20-15(21)19-13)17-12-4-2-1-3-5-12/h1-9,13H,(H3,17,18,19,20,21). The van der Waals surface area contributed by atoms with Crippen LogP contribution in [0.25, 0.3) is 0 Å². The van der Waals surface area contributed by atoms with Gasteiger partial charge in [-0.25, -0.2) is 14.2 Å². The first-order valence-electron chi connectivity index (χ1n) is 6.43. The van der Waals surface area contributed by atoms with Gasteiger partial charge in [-0.3, -0.25) is 5.32 Å². The van der Waals surface area contributed by atoms with Crippen molar-refractivity contribution < 1.29 is 9.18 Å². The maximum atomic E-state index is 12.9. The van der Waals surface area contributed by atoms with Gasteiger partial charge >= 0.3 is 6.03 Å². The van der Waals surface area contributed by atoms with Crippen LogP contribution in [0.1, 0.15) is 11.7 Å². The van der Waals surface area contributed by atoms with E-state index in [1.165, 1.54) is 12.1 Å². The lowest BCUT2D eigenvalue weighted by atomic mass is 10.1.